The van der Waals surface area contributed by atoms with Crippen molar-refractivity contribution in [3.63, 3.8) is 0 Å². The lowest BCUT2D eigenvalue weighted by Gasteiger charge is -2.38. The van der Waals surface area contributed by atoms with Crippen LogP contribution in [-0.2, 0) is 11.3 Å². The lowest BCUT2D eigenvalue weighted by molar-refractivity contribution is -0.128. The summed E-state index contributed by atoms with van der Waals surface area (Å²) < 4.78 is 0. The van der Waals surface area contributed by atoms with Crippen LogP contribution in [0.15, 0.2) is 10.9 Å². The molecule has 1 amide bonds. The molecule has 2 N–H and O–H groups in total. The zero-order valence-electron chi connectivity index (χ0n) is 13.3. The summed E-state index contributed by atoms with van der Waals surface area (Å²) in [5.74, 6) is 1.21. The van der Waals surface area contributed by atoms with E-state index in [9.17, 15) is 9.59 Å². The zero-order chi connectivity index (χ0) is 15.6. The predicted octanol–water partition coefficient (Wildman–Crippen LogP) is 2.16. The van der Waals surface area contributed by atoms with Gasteiger partial charge in [-0.25, -0.2) is 4.98 Å². The molecule has 1 aliphatic rings. The van der Waals surface area contributed by atoms with Gasteiger partial charge in [-0.3, -0.25) is 9.59 Å². The third-order valence-corrected chi connectivity index (χ3v) is 4.11. The molecule has 5 nitrogen and oxygen atoms in total. The lowest BCUT2D eigenvalue weighted by Crippen LogP contribution is -2.38. The Balaban J connectivity index is 1.96. The van der Waals surface area contributed by atoms with E-state index in [0.717, 1.165) is 12.8 Å². The fourth-order valence-corrected chi connectivity index (χ4v) is 3.59. The van der Waals surface area contributed by atoms with Crippen LogP contribution in [-0.4, -0.2) is 15.9 Å². The van der Waals surface area contributed by atoms with Crippen molar-refractivity contribution in [3.8, 4) is 0 Å². The van der Waals surface area contributed by atoms with E-state index in [1.54, 1.807) is 6.92 Å². The van der Waals surface area contributed by atoms with Crippen molar-refractivity contribution in [1.29, 1.82) is 0 Å². The van der Waals surface area contributed by atoms with Crippen molar-refractivity contribution in [1.82, 2.24) is 15.3 Å². The number of hydrogen-bond donors (Lipinski definition) is 2. The van der Waals surface area contributed by atoms with E-state index in [1.165, 1.54) is 12.5 Å². The Labute approximate surface area is 125 Å². The Bertz CT molecular complexity index is 577. The van der Waals surface area contributed by atoms with Gasteiger partial charge >= 0.3 is 0 Å². The number of nitrogens with zero attached hydrogens (tertiary/aromatic N) is 1. The molecule has 1 heterocycles. The Morgan fingerprint density at radius 3 is 2.81 bits per heavy atom. The van der Waals surface area contributed by atoms with Crippen LogP contribution in [0.2, 0.25) is 0 Å². The molecule has 1 aromatic heterocycles. The van der Waals surface area contributed by atoms with E-state index in [-0.39, 0.29) is 29.3 Å². The minimum Gasteiger partial charge on any atom is -0.349 e. The molecule has 0 bridgehead atoms. The highest BCUT2D eigenvalue weighted by Gasteiger charge is 2.35. The molecular weight excluding hydrogens is 266 g/mol. The minimum atomic E-state index is -0.181. The lowest BCUT2D eigenvalue weighted by atomic mass is 9.68. The first-order valence-corrected chi connectivity index (χ1v) is 7.60. The van der Waals surface area contributed by atoms with E-state index in [4.69, 9.17) is 0 Å². The monoisotopic (exact) mass is 291 g/mol. The highest BCUT2D eigenvalue weighted by molar-refractivity contribution is 5.78. The van der Waals surface area contributed by atoms with Crippen molar-refractivity contribution in [2.24, 2.45) is 17.3 Å². The van der Waals surface area contributed by atoms with E-state index in [0.29, 0.717) is 17.4 Å². The molecule has 2 rings (SSSR count). The fourth-order valence-electron chi connectivity index (χ4n) is 3.59. The Morgan fingerprint density at radius 2 is 2.19 bits per heavy atom. The Kier molecular flexibility index (Phi) is 4.49. The minimum absolute atomic E-state index is 0.0558. The zero-order valence-corrected chi connectivity index (χ0v) is 13.3. The molecule has 0 spiro atoms. The van der Waals surface area contributed by atoms with Crippen LogP contribution < -0.4 is 10.9 Å². The molecule has 0 saturated heterocycles. The van der Waals surface area contributed by atoms with E-state index in [2.05, 4.69) is 36.1 Å². The second-order valence-corrected chi connectivity index (χ2v) is 7.16. The smallest absolute Gasteiger partial charge is 0.251 e. The van der Waals surface area contributed by atoms with Crippen molar-refractivity contribution < 1.29 is 4.79 Å². The Hall–Kier alpha value is -1.65. The average molecular weight is 291 g/mol. The first-order chi connectivity index (χ1) is 9.75. The first-order valence-electron chi connectivity index (χ1n) is 7.60. The molecule has 5 heteroatoms. The third-order valence-electron chi connectivity index (χ3n) is 4.11. The second kappa shape index (κ2) is 6.00. The molecule has 1 saturated carbocycles. The van der Waals surface area contributed by atoms with Gasteiger partial charge in [-0.05, 0) is 37.5 Å². The van der Waals surface area contributed by atoms with Gasteiger partial charge in [-0.1, -0.05) is 20.8 Å². The summed E-state index contributed by atoms with van der Waals surface area (Å²) in [5, 5.41) is 2.91. The van der Waals surface area contributed by atoms with Gasteiger partial charge in [0.05, 0.1) is 6.54 Å². The van der Waals surface area contributed by atoms with E-state index < -0.39 is 0 Å². The molecular formula is C16H25N3O2. The van der Waals surface area contributed by atoms with Gasteiger partial charge in [0, 0.05) is 17.7 Å². The topological polar surface area (TPSA) is 74.8 Å². The standard InChI is InChI=1S/C16H25N3O2/c1-10-5-12(8-16(3,4)7-10)15(21)17-9-13-18-11(2)6-14(20)19-13/h6,10,12H,5,7-9H2,1-4H3,(H,17,21)(H,18,19,20). The summed E-state index contributed by atoms with van der Waals surface area (Å²) in [6.45, 7) is 8.71. The van der Waals surface area contributed by atoms with Crippen LogP contribution >= 0.6 is 0 Å². The number of aromatic nitrogens is 2. The number of aromatic amines is 1. The first kappa shape index (κ1) is 15.7. The van der Waals surface area contributed by atoms with Crippen LogP contribution in [0.1, 0.15) is 51.6 Å². The molecule has 2 atom stereocenters. The summed E-state index contributed by atoms with van der Waals surface area (Å²) >= 11 is 0. The fraction of sp³-hybridized carbons (Fsp3) is 0.688. The van der Waals surface area contributed by atoms with Gasteiger partial charge in [0.15, 0.2) is 0 Å². The molecule has 1 fully saturated rings. The predicted molar refractivity (Wildman–Crippen MR) is 81.7 cm³/mol. The number of aryl methyl sites for hydroxylation is 1. The van der Waals surface area contributed by atoms with Gasteiger partial charge in [0.2, 0.25) is 5.91 Å². The molecule has 2 unspecified atom stereocenters. The van der Waals surface area contributed by atoms with Crippen molar-refractivity contribution in [3.05, 3.63) is 27.9 Å². The van der Waals surface area contributed by atoms with Crippen LogP contribution in [0.3, 0.4) is 0 Å². The molecule has 1 aliphatic carbocycles. The van der Waals surface area contributed by atoms with Gasteiger partial charge in [0.25, 0.3) is 5.56 Å². The van der Waals surface area contributed by atoms with Crippen LogP contribution in [0.4, 0.5) is 0 Å². The van der Waals surface area contributed by atoms with Crippen LogP contribution in [0, 0.1) is 24.2 Å². The van der Waals surface area contributed by atoms with Crippen molar-refractivity contribution in [2.45, 2.75) is 53.5 Å². The molecule has 21 heavy (non-hydrogen) atoms. The largest absolute Gasteiger partial charge is 0.349 e. The quantitative estimate of drug-likeness (QED) is 0.896. The Morgan fingerprint density at radius 1 is 1.48 bits per heavy atom. The summed E-state index contributed by atoms with van der Waals surface area (Å²) in [6.07, 6.45) is 3.03. The number of amides is 1. The van der Waals surface area contributed by atoms with Gasteiger partial charge in [-0.15, -0.1) is 0 Å². The maximum Gasteiger partial charge on any atom is 0.251 e. The van der Waals surface area contributed by atoms with Crippen molar-refractivity contribution in [2.75, 3.05) is 0 Å². The third kappa shape index (κ3) is 4.41. The summed E-state index contributed by atoms with van der Waals surface area (Å²) in [6, 6.07) is 1.44. The number of carbonyl (C=O) groups is 1. The summed E-state index contributed by atoms with van der Waals surface area (Å²) in [5.41, 5.74) is 0.699. The highest BCUT2D eigenvalue weighted by atomic mass is 16.2. The van der Waals surface area contributed by atoms with Gasteiger partial charge in [-0.2, -0.15) is 0 Å². The van der Waals surface area contributed by atoms with Crippen molar-refractivity contribution >= 4 is 5.91 Å². The summed E-state index contributed by atoms with van der Waals surface area (Å²) in [7, 11) is 0. The number of hydrogen-bond acceptors (Lipinski definition) is 3. The second-order valence-electron chi connectivity index (χ2n) is 7.16. The normalized spacial score (nSPS) is 24.6. The van der Waals surface area contributed by atoms with Crippen LogP contribution in [0.25, 0.3) is 0 Å². The number of nitrogens with one attached hydrogen (secondary N) is 2. The molecule has 1 aromatic rings. The number of H-pyrrole nitrogens is 1. The van der Waals surface area contributed by atoms with Gasteiger partial charge in [0.1, 0.15) is 5.82 Å². The van der Waals surface area contributed by atoms with E-state index in [1.807, 2.05) is 0 Å². The van der Waals surface area contributed by atoms with E-state index >= 15 is 0 Å². The van der Waals surface area contributed by atoms with Crippen LogP contribution in [0.5, 0.6) is 0 Å². The molecule has 0 aliphatic heterocycles. The molecule has 116 valence electrons. The number of rotatable bonds is 3. The molecule has 0 radical (unpaired) electrons. The maximum atomic E-state index is 12.3. The van der Waals surface area contributed by atoms with Gasteiger partial charge < -0.3 is 10.3 Å². The SMILES string of the molecule is Cc1cc(=O)[nH]c(CNC(=O)C2CC(C)CC(C)(C)C2)n1. The highest BCUT2D eigenvalue weighted by Crippen LogP contribution is 2.41. The average Bonchev–Trinajstić information content (AvgIpc) is 2.32. The summed E-state index contributed by atoms with van der Waals surface area (Å²) in [4.78, 5) is 30.6. The molecule has 0 aromatic carbocycles. The number of carbonyl (C=O) groups excluding carboxylic acids is 1. The maximum absolute atomic E-state index is 12.3.